The van der Waals surface area contributed by atoms with Crippen molar-refractivity contribution in [1.29, 1.82) is 0 Å². The molecule has 2 unspecified atom stereocenters. The van der Waals surface area contributed by atoms with E-state index in [2.05, 4.69) is 28.2 Å². The average Bonchev–Trinajstić information content (AvgIpc) is 2.93. The molecule has 0 aromatic heterocycles. The van der Waals surface area contributed by atoms with Crippen LogP contribution in [0.25, 0.3) is 0 Å². The molecule has 126 valence electrons. The molecule has 0 aliphatic carbocycles. The molecule has 0 bridgehead atoms. The second-order valence-corrected chi connectivity index (χ2v) is 6.81. The van der Waals surface area contributed by atoms with Crippen molar-refractivity contribution < 1.29 is 9.59 Å². The highest BCUT2D eigenvalue weighted by Crippen LogP contribution is 2.27. The first-order valence-electron chi connectivity index (χ1n) is 8.14. The van der Waals surface area contributed by atoms with Gasteiger partial charge in [0.2, 0.25) is 11.8 Å². The van der Waals surface area contributed by atoms with Gasteiger partial charge in [0, 0.05) is 29.3 Å². The van der Waals surface area contributed by atoms with Gasteiger partial charge < -0.3 is 16.0 Å². The monoisotopic (exact) mass is 381 g/mol. The van der Waals surface area contributed by atoms with E-state index in [1.54, 1.807) is 4.90 Å². The first-order chi connectivity index (χ1) is 11.1. The van der Waals surface area contributed by atoms with Crippen molar-refractivity contribution in [2.24, 2.45) is 11.7 Å². The molecule has 0 radical (unpaired) electrons. The van der Waals surface area contributed by atoms with Gasteiger partial charge in [-0.2, -0.15) is 0 Å². The molecule has 6 heteroatoms. The summed E-state index contributed by atoms with van der Waals surface area (Å²) in [6.07, 6.45) is 3.48. The van der Waals surface area contributed by atoms with E-state index in [4.69, 9.17) is 5.73 Å². The van der Waals surface area contributed by atoms with Gasteiger partial charge in [0.05, 0.1) is 0 Å². The number of unbranched alkanes of at least 4 members (excludes halogenated alkanes) is 1. The minimum Gasteiger partial charge on any atom is -0.351 e. The maximum atomic E-state index is 12.6. The number of hydrogen-bond acceptors (Lipinski definition) is 3. The van der Waals surface area contributed by atoms with Gasteiger partial charge in [-0.3, -0.25) is 9.59 Å². The van der Waals surface area contributed by atoms with Crippen molar-refractivity contribution in [3.8, 4) is 0 Å². The first kappa shape index (κ1) is 17.9. The predicted molar refractivity (Wildman–Crippen MR) is 95.1 cm³/mol. The van der Waals surface area contributed by atoms with E-state index in [-0.39, 0.29) is 17.9 Å². The zero-order valence-electron chi connectivity index (χ0n) is 13.4. The molecule has 2 atom stereocenters. The number of benzene rings is 1. The van der Waals surface area contributed by atoms with Crippen molar-refractivity contribution in [1.82, 2.24) is 5.32 Å². The highest BCUT2D eigenvalue weighted by molar-refractivity contribution is 9.10. The standard InChI is InChI=1S/C17H24BrN3O2/c1-2-3-6-13(11-19)20-16(22)15-8-9-21(17(15)23)14-7-4-5-12(18)10-14/h4-5,7,10,13,15H,2-3,6,8-9,11,19H2,1H3,(H,20,22). The molecule has 5 nitrogen and oxygen atoms in total. The molecule has 23 heavy (non-hydrogen) atoms. The quantitative estimate of drug-likeness (QED) is 0.712. The van der Waals surface area contributed by atoms with Crippen LogP contribution in [-0.2, 0) is 9.59 Å². The molecule has 1 saturated heterocycles. The van der Waals surface area contributed by atoms with Crippen LogP contribution >= 0.6 is 15.9 Å². The third-order valence-corrected chi connectivity index (χ3v) is 4.67. The fourth-order valence-electron chi connectivity index (χ4n) is 2.82. The Balaban J connectivity index is 1.99. The van der Waals surface area contributed by atoms with Gasteiger partial charge in [-0.05, 0) is 31.0 Å². The van der Waals surface area contributed by atoms with Crippen molar-refractivity contribution in [3.63, 3.8) is 0 Å². The van der Waals surface area contributed by atoms with Crippen LogP contribution in [0.3, 0.4) is 0 Å². The molecule has 1 fully saturated rings. The Labute approximate surface area is 145 Å². The molecule has 2 rings (SSSR count). The van der Waals surface area contributed by atoms with E-state index in [0.29, 0.717) is 19.5 Å². The molecule has 0 spiro atoms. The molecule has 3 N–H and O–H groups in total. The van der Waals surface area contributed by atoms with E-state index in [1.807, 2.05) is 24.3 Å². The summed E-state index contributed by atoms with van der Waals surface area (Å²) in [4.78, 5) is 26.6. The molecular weight excluding hydrogens is 358 g/mol. The van der Waals surface area contributed by atoms with E-state index in [1.165, 1.54) is 0 Å². The summed E-state index contributed by atoms with van der Waals surface area (Å²) in [6, 6.07) is 7.52. The van der Waals surface area contributed by atoms with Crippen LogP contribution < -0.4 is 16.0 Å². The van der Waals surface area contributed by atoms with Gasteiger partial charge in [0.25, 0.3) is 0 Å². The first-order valence-corrected chi connectivity index (χ1v) is 8.93. The van der Waals surface area contributed by atoms with E-state index < -0.39 is 5.92 Å². The fraction of sp³-hybridized carbons (Fsp3) is 0.529. The number of halogens is 1. The second kappa shape index (κ2) is 8.45. The summed E-state index contributed by atoms with van der Waals surface area (Å²) in [5, 5.41) is 2.94. The third-order valence-electron chi connectivity index (χ3n) is 4.18. The summed E-state index contributed by atoms with van der Waals surface area (Å²) < 4.78 is 0.915. The number of anilines is 1. The number of carbonyl (C=O) groups excluding carboxylic acids is 2. The molecule has 1 aliphatic heterocycles. The summed E-state index contributed by atoms with van der Waals surface area (Å²) in [5.41, 5.74) is 6.54. The number of amides is 2. The number of hydrogen-bond donors (Lipinski definition) is 2. The number of nitrogens with one attached hydrogen (secondary N) is 1. The SMILES string of the molecule is CCCCC(CN)NC(=O)C1CCN(c2cccc(Br)c2)C1=O. The fourth-order valence-corrected chi connectivity index (χ4v) is 3.21. The van der Waals surface area contributed by atoms with Gasteiger partial charge in [-0.15, -0.1) is 0 Å². The lowest BCUT2D eigenvalue weighted by atomic mass is 10.1. The van der Waals surface area contributed by atoms with Crippen molar-refractivity contribution >= 4 is 33.4 Å². The Kier molecular flexibility index (Phi) is 6.59. The Morgan fingerprint density at radius 2 is 2.30 bits per heavy atom. The minimum atomic E-state index is -0.607. The number of rotatable bonds is 7. The Bertz CT molecular complexity index is 565. The highest BCUT2D eigenvalue weighted by Gasteiger charge is 2.38. The van der Waals surface area contributed by atoms with Gasteiger partial charge in [-0.1, -0.05) is 41.8 Å². The minimum absolute atomic E-state index is 0.0461. The Hall–Kier alpha value is -1.40. The van der Waals surface area contributed by atoms with Crippen LogP contribution in [-0.4, -0.2) is 30.9 Å². The Morgan fingerprint density at radius 3 is 2.96 bits per heavy atom. The summed E-state index contributed by atoms with van der Waals surface area (Å²) in [5.74, 6) is -0.935. The van der Waals surface area contributed by atoms with Crippen LogP contribution in [0, 0.1) is 5.92 Å². The lowest BCUT2D eigenvalue weighted by Crippen LogP contribution is -2.45. The van der Waals surface area contributed by atoms with Crippen LogP contribution in [0.2, 0.25) is 0 Å². The molecular formula is C17H24BrN3O2. The zero-order chi connectivity index (χ0) is 16.8. The molecule has 1 heterocycles. The van der Waals surface area contributed by atoms with Gasteiger partial charge in [-0.25, -0.2) is 0 Å². The number of nitrogens with two attached hydrogens (primary N) is 1. The van der Waals surface area contributed by atoms with Crippen molar-refractivity contribution in [3.05, 3.63) is 28.7 Å². The Morgan fingerprint density at radius 1 is 1.52 bits per heavy atom. The number of carbonyl (C=O) groups is 2. The third kappa shape index (κ3) is 4.54. The van der Waals surface area contributed by atoms with Crippen molar-refractivity contribution in [2.45, 2.75) is 38.6 Å². The number of nitrogens with zero attached hydrogens (tertiary/aromatic N) is 1. The van der Waals surface area contributed by atoms with Crippen LogP contribution in [0.5, 0.6) is 0 Å². The van der Waals surface area contributed by atoms with Crippen LogP contribution in [0.4, 0.5) is 5.69 Å². The topological polar surface area (TPSA) is 75.4 Å². The van der Waals surface area contributed by atoms with E-state index in [9.17, 15) is 9.59 Å². The van der Waals surface area contributed by atoms with Crippen molar-refractivity contribution in [2.75, 3.05) is 18.0 Å². The summed E-state index contributed by atoms with van der Waals surface area (Å²) in [6.45, 7) is 3.07. The van der Waals surface area contributed by atoms with Gasteiger partial charge >= 0.3 is 0 Å². The van der Waals surface area contributed by atoms with Gasteiger partial charge in [0.1, 0.15) is 5.92 Å². The zero-order valence-corrected chi connectivity index (χ0v) is 15.0. The predicted octanol–water partition coefficient (Wildman–Crippen LogP) is 2.44. The average molecular weight is 382 g/mol. The normalized spacial score (nSPS) is 19.0. The van der Waals surface area contributed by atoms with Gasteiger partial charge in [0.15, 0.2) is 0 Å². The van der Waals surface area contributed by atoms with Crippen LogP contribution in [0.1, 0.15) is 32.6 Å². The maximum absolute atomic E-state index is 12.6. The lowest BCUT2D eigenvalue weighted by molar-refractivity contribution is -0.132. The molecule has 1 aromatic rings. The molecule has 1 aromatic carbocycles. The second-order valence-electron chi connectivity index (χ2n) is 5.89. The van der Waals surface area contributed by atoms with E-state index in [0.717, 1.165) is 29.4 Å². The summed E-state index contributed by atoms with van der Waals surface area (Å²) >= 11 is 3.41. The maximum Gasteiger partial charge on any atom is 0.239 e. The van der Waals surface area contributed by atoms with Crippen LogP contribution in [0.15, 0.2) is 28.7 Å². The molecule has 2 amide bonds. The molecule has 1 aliphatic rings. The smallest absolute Gasteiger partial charge is 0.239 e. The highest BCUT2D eigenvalue weighted by atomic mass is 79.9. The van der Waals surface area contributed by atoms with E-state index >= 15 is 0 Å². The largest absolute Gasteiger partial charge is 0.351 e. The lowest BCUT2D eigenvalue weighted by Gasteiger charge is -2.20. The molecule has 0 saturated carbocycles. The summed E-state index contributed by atoms with van der Waals surface area (Å²) in [7, 11) is 0.